The Morgan fingerprint density at radius 2 is 2.38 bits per heavy atom. The van der Waals surface area contributed by atoms with Gasteiger partial charge < -0.3 is 21.1 Å². The normalized spacial score (nSPS) is 19.8. The fraction of sp³-hybridized carbons (Fsp3) is 0.364. The molecule has 16 heavy (non-hydrogen) atoms. The molecule has 1 unspecified atom stereocenters. The van der Waals surface area contributed by atoms with Crippen molar-refractivity contribution in [3.8, 4) is 0 Å². The van der Waals surface area contributed by atoms with Crippen LogP contribution in [0, 0.1) is 0 Å². The Morgan fingerprint density at radius 1 is 1.56 bits per heavy atom. The zero-order valence-electron chi connectivity index (χ0n) is 8.89. The zero-order valence-corrected chi connectivity index (χ0v) is 8.89. The number of nitrogens with one attached hydrogen (secondary N) is 1. The summed E-state index contributed by atoms with van der Waals surface area (Å²) >= 11 is 0. The molecule has 2 rings (SSSR count). The van der Waals surface area contributed by atoms with E-state index in [2.05, 4.69) is 5.32 Å². The van der Waals surface area contributed by atoms with E-state index in [9.17, 15) is 4.79 Å². The third-order valence-corrected chi connectivity index (χ3v) is 2.72. The van der Waals surface area contributed by atoms with Gasteiger partial charge in [0.05, 0.1) is 0 Å². The number of carboxylic acid groups (broad SMARTS) is 1. The molecule has 1 aliphatic heterocycles. The van der Waals surface area contributed by atoms with E-state index in [1.807, 2.05) is 24.3 Å². The molecule has 1 saturated heterocycles. The summed E-state index contributed by atoms with van der Waals surface area (Å²) in [6.07, 6.45) is -0.0157. The highest BCUT2D eigenvalue weighted by molar-refractivity contribution is 5.65. The molecule has 5 nitrogen and oxygen atoms in total. The maximum atomic E-state index is 10.7. The van der Waals surface area contributed by atoms with Crippen molar-refractivity contribution in [3.63, 3.8) is 0 Å². The number of benzene rings is 1. The third kappa shape index (κ3) is 2.36. The van der Waals surface area contributed by atoms with Crippen LogP contribution in [0.4, 0.5) is 16.2 Å². The second-order valence-electron chi connectivity index (χ2n) is 3.98. The van der Waals surface area contributed by atoms with Crippen molar-refractivity contribution in [2.45, 2.75) is 12.5 Å². The zero-order chi connectivity index (χ0) is 11.5. The van der Waals surface area contributed by atoms with Gasteiger partial charge >= 0.3 is 6.09 Å². The average molecular weight is 221 g/mol. The molecule has 1 aromatic carbocycles. The Kier molecular flexibility index (Phi) is 2.85. The van der Waals surface area contributed by atoms with Crippen LogP contribution in [0.5, 0.6) is 0 Å². The predicted molar refractivity (Wildman–Crippen MR) is 62.5 cm³/mol. The molecule has 0 aliphatic carbocycles. The van der Waals surface area contributed by atoms with E-state index >= 15 is 0 Å². The Hall–Kier alpha value is -1.91. The molecule has 86 valence electrons. The molecule has 1 amide bonds. The minimum absolute atomic E-state index is 0.179. The molecule has 0 radical (unpaired) electrons. The van der Waals surface area contributed by atoms with Gasteiger partial charge in [-0.3, -0.25) is 0 Å². The van der Waals surface area contributed by atoms with Crippen LogP contribution < -0.4 is 11.1 Å². The Morgan fingerprint density at radius 3 is 3.00 bits per heavy atom. The first-order chi connectivity index (χ1) is 7.65. The second kappa shape index (κ2) is 4.30. The van der Waals surface area contributed by atoms with Crippen LogP contribution in [-0.4, -0.2) is 35.2 Å². The third-order valence-electron chi connectivity index (χ3n) is 2.72. The number of amides is 1. The maximum Gasteiger partial charge on any atom is 0.407 e. The van der Waals surface area contributed by atoms with Gasteiger partial charge in [0.15, 0.2) is 0 Å². The van der Waals surface area contributed by atoms with E-state index in [1.165, 1.54) is 4.90 Å². The van der Waals surface area contributed by atoms with Gasteiger partial charge in [0, 0.05) is 30.5 Å². The number of nitrogens with two attached hydrogens (primary N) is 1. The smallest absolute Gasteiger partial charge is 0.407 e. The fourth-order valence-electron chi connectivity index (χ4n) is 1.92. The summed E-state index contributed by atoms with van der Waals surface area (Å²) in [6, 6.07) is 7.66. The number of hydrogen-bond donors (Lipinski definition) is 3. The van der Waals surface area contributed by atoms with Crippen molar-refractivity contribution >= 4 is 17.5 Å². The van der Waals surface area contributed by atoms with Crippen LogP contribution in [0.1, 0.15) is 6.42 Å². The predicted octanol–water partition coefficient (Wildman–Crippen LogP) is 1.43. The van der Waals surface area contributed by atoms with Gasteiger partial charge in [0.1, 0.15) is 0 Å². The summed E-state index contributed by atoms with van der Waals surface area (Å²) in [7, 11) is 0. The molecule has 0 spiro atoms. The Labute approximate surface area is 93.9 Å². The quantitative estimate of drug-likeness (QED) is 0.660. The van der Waals surface area contributed by atoms with Gasteiger partial charge in [-0.1, -0.05) is 6.07 Å². The number of nitrogens with zero attached hydrogens (tertiary/aromatic N) is 1. The monoisotopic (exact) mass is 221 g/mol. The number of rotatable bonds is 2. The lowest BCUT2D eigenvalue weighted by Gasteiger charge is -2.15. The molecular formula is C11H15N3O2. The topological polar surface area (TPSA) is 78.6 Å². The molecule has 1 heterocycles. The number of hydrogen-bond acceptors (Lipinski definition) is 3. The first-order valence-corrected chi connectivity index (χ1v) is 5.25. The highest BCUT2D eigenvalue weighted by Crippen LogP contribution is 2.17. The summed E-state index contributed by atoms with van der Waals surface area (Å²) in [6.45, 7) is 1.12. The van der Waals surface area contributed by atoms with Crippen LogP contribution in [0.3, 0.4) is 0 Å². The van der Waals surface area contributed by atoms with Crippen molar-refractivity contribution in [3.05, 3.63) is 24.3 Å². The molecule has 5 heteroatoms. The molecular weight excluding hydrogens is 206 g/mol. The summed E-state index contributed by atoms with van der Waals surface area (Å²) in [5.41, 5.74) is 7.31. The Balaban J connectivity index is 1.94. The van der Waals surface area contributed by atoms with Gasteiger partial charge in [-0.2, -0.15) is 0 Å². The van der Waals surface area contributed by atoms with Crippen LogP contribution in [0.25, 0.3) is 0 Å². The van der Waals surface area contributed by atoms with Crippen LogP contribution >= 0.6 is 0 Å². The number of carbonyl (C=O) groups is 1. The summed E-state index contributed by atoms with van der Waals surface area (Å²) in [5.74, 6) is 0. The highest BCUT2D eigenvalue weighted by atomic mass is 16.4. The highest BCUT2D eigenvalue weighted by Gasteiger charge is 2.25. The summed E-state index contributed by atoms with van der Waals surface area (Å²) < 4.78 is 0. The van der Waals surface area contributed by atoms with Crippen LogP contribution in [0.15, 0.2) is 24.3 Å². The number of anilines is 2. The minimum atomic E-state index is -0.850. The van der Waals surface area contributed by atoms with Crippen molar-refractivity contribution in [1.29, 1.82) is 0 Å². The molecule has 0 bridgehead atoms. The van der Waals surface area contributed by atoms with E-state index < -0.39 is 6.09 Å². The maximum absolute atomic E-state index is 10.7. The van der Waals surface area contributed by atoms with Crippen LogP contribution in [0.2, 0.25) is 0 Å². The number of nitrogen functional groups attached to an aromatic ring is 1. The van der Waals surface area contributed by atoms with Gasteiger partial charge in [-0.15, -0.1) is 0 Å². The fourth-order valence-corrected chi connectivity index (χ4v) is 1.92. The van der Waals surface area contributed by atoms with Crippen molar-refractivity contribution in [2.24, 2.45) is 0 Å². The number of likely N-dealkylation sites (tertiary alicyclic amines) is 1. The standard InChI is InChI=1S/C11H15N3O2/c12-8-2-1-3-9(6-8)13-10-4-5-14(7-10)11(15)16/h1-3,6,10,13H,4-5,7,12H2,(H,15,16). The SMILES string of the molecule is Nc1cccc(NC2CCN(C(=O)O)C2)c1. The van der Waals surface area contributed by atoms with Crippen molar-refractivity contribution in [2.75, 3.05) is 24.1 Å². The van der Waals surface area contributed by atoms with Crippen molar-refractivity contribution < 1.29 is 9.90 Å². The lowest BCUT2D eigenvalue weighted by molar-refractivity contribution is 0.155. The van der Waals surface area contributed by atoms with E-state index in [0.29, 0.717) is 18.8 Å². The summed E-state index contributed by atoms with van der Waals surface area (Å²) in [4.78, 5) is 12.2. The molecule has 0 aromatic heterocycles. The van der Waals surface area contributed by atoms with Gasteiger partial charge in [-0.25, -0.2) is 4.79 Å². The van der Waals surface area contributed by atoms with E-state index in [0.717, 1.165) is 12.1 Å². The summed E-state index contributed by atoms with van der Waals surface area (Å²) in [5, 5.41) is 12.1. The molecule has 1 aromatic rings. The largest absolute Gasteiger partial charge is 0.465 e. The lowest BCUT2D eigenvalue weighted by atomic mass is 10.2. The molecule has 1 atom stereocenters. The molecule has 1 fully saturated rings. The Bertz CT molecular complexity index is 395. The van der Waals surface area contributed by atoms with Gasteiger partial charge in [0.2, 0.25) is 0 Å². The molecule has 1 aliphatic rings. The average Bonchev–Trinajstić information content (AvgIpc) is 2.66. The first-order valence-electron chi connectivity index (χ1n) is 5.25. The van der Waals surface area contributed by atoms with Crippen molar-refractivity contribution in [1.82, 2.24) is 4.90 Å². The van der Waals surface area contributed by atoms with Crippen LogP contribution in [-0.2, 0) is 0 Å². The lowest BCUT2D eigenvalue weighted by Crippen LogP contribution is -2.30. The first kappa shape index (κ1) is 10.6. The van der Waals surface area contributed by atoms with Gasteiger partial charge in [0.25, 0.3) is 0 Å². The molecule has 4 N–H and O–H groups in total. The second-order valence-corrected chi connectivity index (χ2v) is 3.98. The minimum Gasteiger partial charge on any atom is -0.465 e. The van der Waals surface area contributed by atoms with Gasteiger partial charge in [-0.05, 0) is 24.6 Å². The van der Waals surface area contributed by atoms with E-state index in [1.54, 1.807) is 0 Å². The van der Waals surface area contributed by atoms with E-state index in [4.69, 9.17) is 10.8 Å². The molecule has 0 saturated carbocycles. The van der Waals surface area contributed by atoms with E-state index in [-0.39, 0.29) is 6.04 Å².